The maximum Gasteiger partial charge on any atom is 0.337 e. The van der Waals surface area contributed by atoms with Gasteiger partial charge in [-0.15, -0.1) is 0 Å². The molecule has 3 heterocycles. The minimum atomic E-state index is -0.309. The number of para-hydroxylation sites is 1. The van der Waals surface area contributed by atoms with Gasteiger partial charge >= 0.3 is 5.69 Å². The highest BCUT2D eigenvalue weighted by Gasteiger charge is 2.23. The summed E-state index contributed by atoms with van der Waals surface area (Å²) in [5, 5.41) is 11.8. The van der Waals surface area contributed by atoms with Crippen molar-refractivity contribution < 1.29 is 5.11 Å². The summed E-state index contributed by atoms with van der Waals surface area (Å²) in [5.74, 6) is 0.319. The van der Waals surface area contributed by atoms with Crippen molar-refractivity contribution in [2.75, 3.05) is 0 Å². The number of nitrogens with zero attached hydrogens (tertiary/aromatic N) is 4. The number of hydrogen-bond donors (Lipinski definition) is 1. The highest BCUT2D eigenvalue weighted by molar-refractivity contribution is 5.79. The normalized spacial score (nSPS) is 11.4. The average molecular weight is 360 g/mol. The van der Waals surface area contributed by atoms with Crippen molar-refractivity contribution in [2.24, 2.45) is 0 Å². The van der Waals surface area contributed by atoms with E-state index in [9.17, 15) is 9.90 Å². The molecule has 0 spiro atoms. The molecule has 0 saturated carbocycles. The van der Waals surface area contributed by atoms with Gasteiger partial charge in [0.25, 0.3) is 0 Å². The maximum absolute atomic E-state index is 13.2. The summed E-state index contributed by atoms with van der Waals surface area (Å²) in [7, 11) is 0. The molecule has 1 aromatic carbocycles. The van der Waals surface area contributed by atoms with E-state index in [-0.39, 0.29) is 17.5 Å². The van der Waals surface area contributed by atoms with Gasteiger partial charge in [0.15, 0.2) is 0 Å². The number of rotatable bonds is 4. The van der Waals surface area contributed by atoms with Gasteiger partial charge in [-0.3, -0.25) is 9.55 Å². The Balaban J connectivity index is 1.90. The lowest BCUT2D eigenvalue weighted by atomic mass is 10.1. The summed E-state index contributed by atoms with van der Waals surface area (Å²) in [6.07, 6.45) is 3.38. The average Bonchev–Trinajstić information content (AvgIpc) is 2.92. The van der Waals surface area contributed by atoms with Crippen molar-refractivity contribution in [3.63, 3.8) is 0 Å². The van der Waals surface area contributed by atoms with Crippen LogP contribution in [-0.4, -0.2) is 24.2 Å². The van der Waals surface area contributed by atoms with E-state index in [2.05, 4.69) is 9.97 Å². The summed E-state index contributed by atoms with van der Waals surface area (Å²) in [6.45, 7) is 4.27. The lowest BCUT2D eigenvalue weighted by molar-refractivity contribution is 0.429. The first-order valence-corrected chi connectivity index (χ1v) is 8.85. The number of aromatic hydroxyl groups is 1. The molecule has 3 aromatic heterocycles. The van der Waals surface area contributed by atoms with Crippen LogP contribution in [0.1, 0.15) is 31.0 Å². The minimum absolute atomic E-state index is 0.0266. The van der Waals surface area contributed by atoms with E-state index in [0.29, 0.717) is 18.1 Å². The zero-order valence-electron chi connectivity index (χ0n) is 15.2. The second-order valence-electron chi connectivity index (χ2n) is 6.79. The number of benzene rings is 1. The fourth-order valence-electron chi connectivity index (χ4n) is 3.33. The summed E-state index contributed by atoms with van der Waals surface area (Å²) in [6, 6.07) is 15.1. The first kappa shape index (κ1) is 17.0. The van der Waals surface area contributed by atoms with E-state index in [4.69, 9.17) is 0 Å². The third-order valence-corrected chi connectivity index (χ3v) is 4.60. The Hall–Kier alpha value is -3.41. The van der Waals surface area contributed by atoms with Crippen molar-refractivity contribution in [1.82, 2.24) is 19.1 Å². The van der Waals surface area contributed by atoms with Crippen molar-refractivity contribution in [2.45, 2.75) is 26.3 Å². The molecule has 0 radical (unpaired) electrons. The molecule has 4 rings (SSSR count). The van der Waals surface area contributed by atoms with Crippen molar-refractivity contribution >= 4 is 10.9 Å². The fourth-order valence-corrected chi connectivity index (χ4v) is 3.33. The van der Waals surface area contributed by atoms with Crippen LogP contribution in [0.25, 0.3) is 16.7 Å². The molecular weight excluding hydrogens is 340 g/mol. The fraction of sp³-hybridized carbons (Fsp3) is 0.190. The maximum atomic E-state index is 13.2. The highest BCUT2D eigenvalue weighted by atomic mass is 16.3. The predicted octanol–water partition coefficient (Wildman–Crippen LogP) is 3.46. The number of fused-ring (bicyclic) bond motifs is 1. The summed E-state index contributed by atoms with van der Waals surface area (Å²) in [4.78, 5) is 21.7. The molecule has 0 aliphatic rings. The number of imidazole rings is 1. The molecule has 0 aliphatic carbocycles. The van der Waals surface area contributed by atoms with Crippen LogP contribution in [0.15, 0.2) is 65.7 Å². The lowest BCUT2D eigenvalue weighted by Gasteiger charge is -2.10. The summed E-state index contributed by atoms with van der Waals surface area (Å²) in [5.41, 5.74) is 1.99. The molecule has 0 saturated heterocycles. The molecule has 136 valence electrons. The molecule has 0 amide bonds. The van der Waals surface area contributed by atoms with E-state index in [0.717, 1.165) is 16.5 Å². The van der Waals surface area contributed by atoms with Crippen molar-refractivity contribution in [1.29, 1.82) is 0 Å². The van der Waals surface area contributed by atoms with Crippen LogP contribution < -0.4 is 5.69 Å². The van der Waals surface area contributed by atoms with Crippen LogP contribution in [0.2, 0.25) is 0 Å². The summed E-state index contributed by atoms with van der Waals surface area (Å²) >= 11 is 0. The Morgan fingerprint density at radius 2 is 1.78 bits per heavy atom. The molecule has 0 bridgehead atoms. The Bertz CT molecular complexity index is 1160. The number of hydrogen-bond acceptors (Lipinski definition) is 4. The lowest BCUT2D eigenvalue weighted by Crippen LogP contribution is -2.25. The topological polar surface area (TPSA) is 72.9 Å². The van der Waals surface area contributed by atoms with E-state index < -0.39 is 0 Å². The van der Waals surface area contributed by atoms with Crippen LogP contribution in [0.5, 0.6) is 5.88 Å². The van der Waals surface area contributed by atoms with Gasteiger partial charge in [-0.05, 0) is 41.8 Å². The van der Waals surface area contributed by atoms with Crippen LogP contribution in [0.4, 0.5) is 0 Å². The van der Waals surface area contributed by atoms with Gasteiger partial charge in [0.2, 0.25) is 5.88 Å². The van der Waals surface area contributed by atoms with Gasteiger partial charge in [-0.1, -0.05) is 32.0 Å². The zero-order valence-corrected chi connectivity index (χ0v) is 15.2. The van der Waals surface area contributed by atoms with E-state index >= 15 is 0 Å². The Morgan fingerprint density at radius 3 is 2.52 bits per heavy atom. The molecule has 6 nitrogen and oxygen atoms in total. The molecule has 1 N–H and O–H groups in total. The molecule has 0 atom stereocenters. The molecule has 0 unspecified atom stereocenters. The standard InChI is InChI=1S/C21H20N4O2/c1-14(2)19-20(26)25(18-8-7-16-5-3-4-6-17(16)23-18)21(27)24(19)13-15-9-11-22-12-10-15/h3-12,14,26H,13H2,1-2H3. The zero-order chi connectivity index (χ0) is 19.0. The Labute approximate surface area is 156 Å². The van der Waals surface area contributed by atoms with Gasteiger partial charge in [0.05, 0.1) is 17.8 Å². The second kappa shape index (κ2) is 6.72. The monoisotopic (exact) mass is 360 g/mol. The van der Waals surface area contributed by atoms with E-state index in [1.807, 2.05) is 56.3 Å². The van der Waals surface area contributed by atoms with E-state index in [1.165, 1.54) is 4.57 Å². The Kier molecular flexibility index (Phi) is 4.24. The third-order valence-electron chi connectivity index (χ3n) is 4.60. The smallest absolute Gasteiger partial charge is 0.337 e. The first-order valence-electron chi connectivity index (χ1n) is 8.85. The molecule has 4 aromatic rings. The number of pyridine rings is 2. The molecule has 0 aliphatic heterocycles. The van der Waals surface area contributed by atoms with Gasteiger partial charge in [0, 0.05) is 17.8 Å². The SMILES string of the molecule is CC(C)c1c(O)n(-c2ccc3ccccc3n2)c(=O)n1Cc1ccncc1. The van der Waals surface area contributed by atoms with Crippen LogP contribution in [-0.2, 0) is 6.54 Å². The quantitative estimate of drug-likeness (QED) is 0.605. The van der Waals surface area contributed by atoms with Crippen LogP contribution in [0, 0.1) is 0 Å². The van der Waals surface area contributed by atoms with Gasteiger partial charge in [-0.2, -0.15) is 0 Å². The number of aromatic nitrogens is 4. The van der Waals surface area contributed by atoms with Gasteiger partial charge in [-0.25, -0.2) is 14.3 Å². The van der Waals surface area contributed by atoms with Crippen molar-refractivity contribution in [3.8, 4) is 11.7 Å². The predicted molar refractivity (Wildman–Crippen MR) is 104 cm³/mol. The van der Waals surface area contributed by atoms with Crippen LogP contribution >= 0.6 is 0 Å². The molecule has 0 fully saturated rings. The van der Waals surface area contributed by atoms with Crippen molar-refractivity contribution in [3.05, 3.63) is 82.7 Å². The first-order chi connectivity index (χ1) is 13.1. The third kappa shape index (κ3) is 2.99. The molecule has 6 heteroatoms. The Morgan fingerprint density at radius 1 is 1.04 bits per heavy atom. The van der Waals surface area contributed by atoms with E-state index in [1.54, 1.807) is 23.0 Å². The molecular formula is C21H20N4O2. The van der Waals surface area contributed by atoms with Gasteiger partial charge in [0.1, 0.15) is 5.82 Å². The van der Waals surface area contributed by atoms with Gasteiger partial charge < -0.3 is 5.11 Å². The minimum Gasteiger partial charge on any atom is -0.493 e. The largest absolute Gasteiger partial charge is 0.493 e. The summed E-state index contributed by atoms with van der Waals surface area (Å²) < 4.78 is 2.88. The van der Waals surface area contributed by atoms with Crippen LogP contribution in [0.3, 0.4) is 0 Å². The highest BCUT2D eigenvalue weighted by Crippen LogP contribution is 2.27. The molecule has 27 heavy (non-hydrogen) atoms. The second-order valence-corrected chi connectivity index (χ2v) is 6.79.